The first-order valence-corrected chi connectivity index (χ1v) is 14.0. The maximum Gasteiger partial charge on any atom is 0.0562 e. The molecule has 0 radical (unpaired) electrons. The highest BCUT2D eigenvalue weighted by molar-refractivity contribution is 6.13. The molecule has 8 rings (SSSR count). The summed E-state index contributed by atoms with van der Waals surface area (Å²) in [5, 5.41) is 3.75. The summed E-state index contributed by atoms with van der Waals surface area (Å²) in [6, 6.07) is 56.2. The maximum atomic E-state index is 2.41. The zero-order valence-electron chi connectivity index (χ0n) is 22.4. The van der Waals surface area contributed by atoms with Gasteiger partial charge in [0, 0.05) is 50.8 Å². The predicted octanol–water partition coefficient (Wildman–Crippen LogP) is 10.2. The van der Waals surface area contributed by atoms with Crippen molar-refractivity contribution >= 4 is 49.8 Å². The SMILES string of the molecule is c1ccc(N(c2ccccc2)c2cccc(-n3c4ccccc4c4cc5ccn(-c6ccccc6)c5cc43)c2)cc1. The van der Waals surface area contributed by atoms with Gasteiger partial charge in [0.25, 0.3) is 0 Å². The second-order valence-corrected chi connectivity index (χ2v) is 10.3. The van der Waals surface area contributed by atoms with Gasteiger partial charge in [-0.15, -0.1) is 0 Å². The summed E-state index contributed by atoms with van der Waals surface area (Å²) in [5.41, 5.74) is 9.23. The lowest BCUT2D eigenvalue weighted by Gasteiger charge is -2.26. The molecule has 0 spiro atoms. The zero-order chi connectivity index (χ0) is 27.2. The van der Waals surface area contributed by atoms with Crippen molar-refractivity contribution in [2.75, 3.05) is 4.90 Å². The van der Waals surface area contributed by atoms with Gasteiger partial charge >= 0.3 is 0 Å². The van der Waals surface area contributed by atoms with Gasteiger partial charge in [-0.2, -0.15) is 0 Å². The molecule has 0 aliphatic carbocycles. The van der Waals surface area contributed by atoms with Crippen molar-refractivity contribution in [1.82, 2.24) is 9.13 Å². The molecular weight excluding hydrogens is 498 g/mol. The van der Waals surface area contributed by atoms with E-state index >= 15 is 0 Å². The van der Waals surface area contributed by atoms with Gasteiger partial charge in [-0.05, 0) is 78.9 Å². The molecule has 194 valence electrons. The Labute approximate surface area is 238 Å². The topological polar surface area (TPSA) is 13.1 Å². The Balaban J connectivity index is 1.37. The third-order valence-electron chi connectivity index (χ3n) is 7.89. The number of para-hydroxylation sites is 4. The Kier molecular flexibility index (Phi) is 5.46. The van der Waals surface area contributed by atoms with Crippen molar-refractivity contribution in [3.8, 4) is 11.4 Å². The van der Waals surface area contributed by atoms with Gasteiger partial charge in [0.1, 0.15) is 0 Å². The van der Waals surface area contributed by atoms with Crippen molar-refractivity contribution < 1.29 is 0 Å². The van der Waals surface area contributed by atoms with Gasteiger partial charge in [-0.1, -0.05) is 78.9 Å². The Bertz CT molecular complexity index is 2100. The van der Waals surface area contributed by atoms with E-state index < -0.39 is 0 Å². The standard InChI is InChI=1S/C38H27N3/c1-4-13-29(14-5-1)39-24-23-28-25-35-34-21-10-11-22-36(34)41(38(35)27-37(28)39)33-20-12-19-32(26-33)40(30-15-6-2-7-16-30)31-17-8-3-9-18-31/h1-27H. The van der Waals surface area contributed by atoms with Crippen molar-refractivity contribution in [1.29, 1.82) is 0 Å². The minimum atomic E-state index is 1.11. The molecule has 0 amide bonds. The Morgan fingerprint density at radius 3 is 1.73 bits per heavy atom. The van der Waals surface area contributed by atoms with Crippen LogP contribution in [-0.2, 0) is 0 Å². The van der Waals surface area contributed by atoms with E-state index in [1.54, 1.807) is 0 Å². The first kappa shape index (κ1) is 23.4. The molecule has 8 aromatic rings. The van der Waals surface area contributed by atoms with Crippen LogP contribution in [0.5, 0.6) is 0 Å². The average Bonchev–Trinajstić information content (AvgIpc) is 3.60. The molecule has 2 aromatic heterocycles. The van der Waals surface area contributed by atoms with Crippen LogP contribution in [0.3, 0.4) is 0 Å². The third kappa shape index (κ3) is 3.90. The number of rotatable bonds is 5. The van der Waals surface area contributed by atoms with E-state index in [0.717, 1.165) is 28.4 Å². The second kappa shape index (κ2) is 9.58. The molecule has 3 heteroatoms. The Morgan fingerprint density at radius 2 is 1.00 bits per heavy atom. The van der Waals surface area contributed by atoms with Crippen LogP contribution in [0.15, 0.2) is 164 Å². The van der Waals surface area contributed by atoms with Crippen molar-refractivity contribution in [2.24, 2.45) is 0 Å². The van der Waals surface area contributed by atoms with E-state index in [0.29, 0.717) is 0 Å². The molecule has 0 saturated heterocycles. The largest absolute Gasteiger partial charge is 0.316 e. The molecule has 0 bridgehead atoms. The Morgan fingerprint density at radius 1 is 0.390 bits per heavy atom. The van der Waals surface area contributed by atoms with Crippen molar-refractivity contribution in [3.05, 3.63) is 164 Å². The second-order valence-electron chi connectivity index (χ2n) is 10.3. The van der Waals surface area contributed by atoms with E-state index in [4.69, 9.17) is 0 Å². The van der Waals surface area contributed by atoms with Gasteiger partial charge in [0.05, 0.1) is 16.6 Å². The smallest absolute Gasteiger partial charge is 0.0562 e. The van der Waals surface area contributed by atoms with Crippen LogP contribution in [0, 0.1) is 0 Å². The fraction of sp³-hybridized carbons (Fsp3) is 0. The van der Waals surface area contributed by atoms with E-state index in [9.17, 15) is 0 Å². The number of nitrogens with zero attached hydrogens (tertiary/aromatic N) is 3. The average molecular weight is 526 g/mol. The van der Waals surface area contributed by atoms with E-state index in [1.165, 1.54) is 32.7 Å². The van der Waals surface area contributed by atoms with Crippen LogP contribution in [0.1, 0.15) is 0 Å². The molecule has 0 saturated carbocycles. The summed E-state index contributed by atoms with van der Waals surface area (Å²) in [4.78, 5) is 2.32. The van der Waals surface area contributed by atoms with Crippen LogP contribution < -0.4 is 4.90 Å². The van der Waals surface area contributed by atoms with Gasteiger partial charge in [-0.25, -0.2) is 0 Å². The molecule has 3 nitrogen and oxygen atoms in total. The molecule has 6 aromatic carbocycles. The van der Waals surface area contributed by atoms with Crippen molar-refractivity contribution in [2.45, 2.75) is 0 Å². The lowest BCUT2D eigenvalue weighted by atomic mass is 10.1. The summed E-state index contributed by atoms with van der Waals surface area (Å²) in [7, 11) is 0. The monoisotopic (exact) mass is 525 g/mol. The molecule has 41 heavy (non-hydrogen) atoms. The quantitative estimate of drug-likeness (QED) is 0.218. The summed E-state index contributed by atoms with van der Waals surface area (Å²) < 4.78 is 4.68. The molecule has 0 aliphatic rings. The molecule has 0 fully saturated rings. The van der Waals surface area contributed by atoms with Crippen LogP contribution in [0.4, 0.5) is 17.1 Å². The molecule has 2 heterocycles. The minimum absolute atomic E-state index is 1.11. The van der Waals surface area contributed by atoms with Crippen LogP contribution in [0.25, 0.3) is 44.1 Å². The first-order chi connectivity index (χ1) is 20.3. The fourth-order valence-corrected chi connectivity index (χ4v) is 6.06. The molecule has 0 aliphatic heterocycles. The fourth-order valence-electron chi connectivity index (χ4n) is 6.06. The number of benzene rings is 6. The van der Waals surface area contributed by atoms with E-state index in [1.807, 2.05) is 0 Å². The third-order valence-corrected chi connectivity index (χ3v) is 7.89. The Hall–Kier alpha value is -5.54. The first-order valence-electron chi connectivity index (χ1n) is 14.0. The van der Waals surface area contributed by atoms with Crippen LogP contribution in [0.2, 0.25) is 0 Å². The highest BCUT2D eigenvalue weighted by Gasteiger charge is 2.17. The molecule has 0 N–H and O–H groups in total. The molecular formula is C38H27N3. The van der Waals surface area contributed by atoms with Gasteiger partial charge in [0.15, 0.2) is 0 Å². The molecule has 0 atom stereocenters. The predicted molar refractivity (Wildman–Crippen MR) is 172 cm³/mol. The van der Waals surface area contributed by atoms with Crippen LogP contribution >= 0.6 is 0 Å². The summed E-state index contributed by atoms with van der Waals surface area (Å²) in [5.74, 6) is 0. The number of hydrogen-bond donors (Lipinski definition) is 0. The number of hydrogen-bond acceptors (Lipinski definition) is 1. The van der Waals surface area contributed by atoms with Gasteiger partial charge in [-0.3, -0.25) is 0 Å². The number of anilines is 3. The molecule has 0 unspecified atom stereocenters. The minimum Gasteiger partial charge on any atom is -0.316 e. The summed E-state index contributed by atoms with van der Waals surface area (Å²) >= 11 is 0. The van der Waals surface area contributed by atoms with E-state index in [-0.39, 0.29) is 0 Å². The van der Waals surface area contributed by atoms with Crippen molar-refractivity contribution in [3.63, 3.8) is 0 Å². The summed E-state index contributed by atoms with van der Waals surface area (Å²) in [6.45, 7) is 0. The number of fused-ring (bicyclic) bond motifs is 4. The van der Waals surface area contributed by atoms with Crippen LogP contribution in [-0.4, -0.2) is 9.13 Å². The summed E-state index contributed by atoms with van der Waals surface area (Å²) in [6.07, 6.45) is 2.17. The normalized spacial score (nSPS) is 11.4. The van der Waals surface area contributed by atoms with Gasteiger partial charge in [0.2, 0.25) is 0 Å². The highest BCUT2D eigenvalue weighted by Crippen LogP contribution is 2.39. The lowest BCUT2D eigenvalue weighted by Crippen LogP contribution is -2.10. The maximum absolute atomic E-state index is 2.41. The number of aromatic nitrogens is 2. The van der Waals surface area contributed by atoms with Gasteiger partial charge < -0.3 is 14.0 Å². The highest BCUT2D eigenvalue weighted by atomic mass is 15.1. The zero-order valence-corrected chi connectivity index (χ0v) is 22.4. The lowest BCUT2D eigenvalue weighted by molar-refractivity contribution is 1.12. The van der Waals surface area contributed by atoms with E-state index in [2.05, 4.69) is 178 Å².